The SMILES string of the molecule is NCc1cnc(CC2CCCNC2)s1. The molecule has 1 aliphatic heterocycles. The first kappa shape index (κ1) is 10.1. The lowest BCUT2D eigenvalue weighted by Crippen LogP contribution is -2.30. The Kier molecular flexibility index (Phi) is 3.50. The summed E-state index contributed by atoms with van der Waals surface area (Å²) in [6, 6.07) is 0. The average Bonchev–Trinajstić information content (AvgIpc) is 2.67. The maximum Gasteiger partial charge on any atom is 0.0931 e. The van der Waals surface area contributed by atoms with Gasteiger partial charge in [-0.15, -0.1) is 11.3 Å². The van der Waals surface area contributed by atoms with Gasteiger partial charge >= 0.3 is 0 Å². The van der Waals surface area contributed by atoms with Crippen molar-refractivity contribution in [3.05, 3.63) is 16.1 Å². The van der Waals surface area contributed by atoms with Gasteiger partial charge in [0, 0.05) is 24.0 Å². The molecule has 2 rings (SSSR count). The molecule has 3 nitrogen and oxygen atoms in total. The van der Waals surface area contributed by atoms with Gasteiger partial charge in [-0.25, -0.2) is 4.98 Å². The van der Waals surface area contributed by atoms with Crippen LogP contribution in [0.1, 0.15) is 22.7 Å². The molecule has 2 heterocycles. The molecule has 1 fully saturated rings. The third kappa shape index (κ3) is 2.53. The Bertz CT molecular complexity index is 279. The van der Waals surface area contributed by atoms with Crippen LogP contribution in [0.15, 0.2) is 6.20 Å². The predicted octanol–water partition coefficient (Wildman–Crippen LogP) is 1.14. The van der Waals surface area contributed by atoms with Gasteiger partial charge in [-0.1, -0.05) is 0 Å². The minimum atomic E-state index is 0.626. The number of nitrogens with one attached hydrogen (secondary N) is 1. The molecule has 0 aromatic carbocycles. The number of hydrogen-bond acceptors (Lipinski definition) is 4. The Morgan fingerprint density at radius 2 is 2.57 bits per heavy atom. The van der Waals surface area contributed by atoms with Crippen molar-refractivity contribution in [3.8, 4) is 0 Å². The van der Waals surface area contributed by atoms with E-state index in [1.165, 1.54) is 29.3 Å². The molecule has 3 N–H and O–H groups in total. The van der Waals surface area contributed by atoms with Gasteiger partial charge in [-0.2, -0.15) is 0 Å². The zero-order valence-electron chi connectivity index (χ0n) is 8.33. The van der Waals surface area contributed by atoms with Gasteiger partial charge in [0.1, 0.15) is 0 Å². The minimum absolute atomic E-state index is 0.626. The lowest BCUT2D eigenvalue weighted by molar-refractivity contribution is 0.376. The van der Waals surface area contributed by atoms with Gasteiger partial charge < -0.3 is 11.1 Å². The molecule has 78 valence electrons. The van der Waals surface area contributed by atoms with Gasteiger partial charge in [-0.3, -0.25) is 0 Å². The van der Waals surface area contributed by atoms with E-state index in [2.05, 4.69) is 10.3 Å². The second-order valence-corrected chi connectivity index (χ2v) is 5.04. The fourth-order valence-corrected chi connectivity index (χ4v) is 2.80. The number of nitrogens with two attached hydrogens (primary N) is 1. The fraction of sp³-hybridized carbons (Fsp3) is 0.700. The van der Waals surface area contributed by atoms with Crippen LogP contribution in [-0.4, -0.2) is 18.1 Å². The van der Waals surface area contributed by atoms with E-state index in [4.69, 9.17) is 5.73 Å². The van der Waals surface area contributed by atoms with Crippen LogP contribution >= 0.6 is 11.3 Å². The number of thiazole rings is 1. The number of aromatic nitrogens is 1. The molecular weight excluding hydrogens is 194 g/mol. The highest BCUT2D eigenvalue weighted by molar-refractivity contribution is 7.11. The molecule has 0 saturated carbocycles. The lowest BCUT2D eigenvalue weighted by atomic mass is 9.97. The molecule has 0 spiro atoms. The smallest absolute Gasteiger partial charge is 0.0931 e. The summed E-state index contributed by atoms with van der Waals surface area (Å²) in [5.74, 6) is 0.778. The highest BCUT2D eigenvalue weighted by Crippen LogP contribution is 2.20. The van der Waals surface area contributed by atoms with Crippen molar-refractivity contribution < 1.29 is 0 Å². The monoisotopic (exact) mass is 211 g/mol. The second-order valence-electron chi connectivity index (χ2n) is 3.84. The van der Waals surface area contributed by atoms with Crippen LogP contribution in [0.25, 0.3) is 0 Å². The van der Waals surface area contributed by atoms with E-state index in [-0.39, 0.29) is 0 Å². The minimum Gasteiger partial charge on any atom is -0.326 e. The van der Waals surface area contributed by atoms with Gasteiger partial charge in [0.25, 0.3) is 0 Å². The van der Waals surface area contributed by atoms with Crippen molar-refractivity contribution in [2.75, 3.05) is 13.1 Å². The molecule has 14 heavy (non-hydrogen) atoms. The maximum atomic E-state index is 5.55. The van der Waals surface area contributed by atoms with Gasteiger partial charge in [-0.05, 0) is 31.8 Å². The van der Waals surface area contributed by atoms with Crippen molar-refractivity contribution >= 4 is 11.3 Å². The zero-order chi connectivity index (χ0) is 9.80. The molecule has 1 unspecified atom stereocenters. The van der Waals surface area contributed by atoms with Crippen molar-refractivity contribution in [2.45, 2.75) is 25.8 Å². The van der Waals surface area contributed by atoms with Crippen LogP contribution in [0.2, 0.25) is 0 Å². The topological polar surface area (TPSA) is 50.9 Å². The van der Waals surface area contributed by atoms with Gasteiger partial charge in [0.05, 0.1) is 5.01 Å². The summed E-state index contributed by atoms with van der Waals surface area (Å²) >= 11 is 1.76. The third-order valence-electron chi connectivity index (χ3n) is 2.66. The van der Waals surface area contributed by atoms with Crippen LogP contribution in [0.4, 0.5) is 0 Å². The molecule has 0 aliphatic carbocycles. The number of hydrogen-bond donors (Lipinski definition) is 2. The van der Waals surface area contributed by atoms with E-state index in [0.29, 0.717) is 6.54 Å². The van der Waals surface area contributed by atoms with E-state index in [0.717, 1.165) is 18.9 Å². The summed E-state index contributed by atoms with van der Waals surface area (Å²) in [6.07, 6.45) is 5.68. The number of rotatable bonds is 3. The van der Waals surface area contributed by atoms with Crippen molar-refractivity contribution in [3.63, 3.8) is 0 Å². The van der Waals surface area contributed by atoms with E-state index < -0.39 is 0 Å². The molecule has 1 atom stereocenters. The first-order valence-corrected chi connectivity index (χ1v) is 6.04. The molecule has 1 aromatic rings. The van der Waals surface area contributed by atoms with E-state index in [9.17, 15) is 0 Å². The highest BCUT2D eigenvalue weighted by atomic mass is 32.1. The lowest BCUT2D eigenvalue weighted by Gasteiger charge is -2.21. The van der Waals surface area contributed by atoms with Crippen molar-refractivity contribution in [1.29, 1.82) is 0 Å². The Morgan fingerprint density at radius 3 is 3.21 bits per heavy atom. The molecule has 1 aliphatic rings. The second kappa shape index (κ2) is 4.87. The fourth-order valence-electron chi connectivity index (χ4n) is 1.88. The Hall–Kier alpha value is -0.450. The first-order chi connectivity index (χ1) is 6.88. The van der Waals surface area contributed by atoms with Crippen LogP contribution in [-0.2, 0) is 13.0 Å². The molecular formula is C10H17N3S. The van der Waals surface area contributed by atoms with Crippen LogP contribution in [0, 0.1) is 5.92 Å². The standard InChI is InChI=1S/C10H17N3S/c11-5-9-7-13-10(14-9)4-8-2-1-3-12-6-8/h7-8,12H,1-6,11H2. The Labute approximate surface area is 88.7 Å². The highest BCUT2D eigenvalue weighted by Gasteiger charge is 2.14. The van der Waals surface area contributed by atoms with Crippen molar-refractivity contribution in [1.82, 2.24) is 10.3 Å². The molecule has 0 amide bonds. The van der Waals surface area contributed by atoms with Crippen LogP contribution in [0.3, 0.4) is 0 Å². The Balaban J connectivity index is 1.89. The average molecular weight is 211 g/mol. The molecule has 4 heteroatoms. The van der Waals surface area contributed by atoms with Gasteiger partial charge in [0.2, 0.25) is 0 Å². The van der Waals surface area contributed by atoms with Crippen molar-refractivity contribution in [2.24, 2.45) is 11.7 Å². The van der Waals surface area contributed by atoms with Gasteiger partial charge in [0.15, 0.2) is 0 Å². The summed E-state index contributed by atoms with van der Waals surface area (Å²) in [5.41, 5.74) is 5.55. The summed E-state index contributed by atoms with van der Waals surface area (Å²) in [4.78, 5) is 5.59. The summed E-state index contributed by atoms with van der Waals surface area (Å²) in [6.45, 7) is 2.96. The van der Waals surface area contributed by atoms with E-state index >= 15 is 0 Å². The molecule has 1 saturated heterocycles. The van der Waals surface area contributed by atoms with E-state index in [1.807, 2.05) is 6.20 Å². The summed E-state index contributed by atoms with van der Waals surface area (Å²) in [5, 5.41) is 4.68. The van der Waals surface area contributed by atoms with Crippen LogP contribution < -0.4 is 11.1 Å². The summed E-state index contributed by atoms with van der Waals surface area (Å²) in [7, 11) is 0. The predicted molar refractivity (Wildman–Crippen MR) is 59.3 cm³/mol. The summed E-state index contributed by atoms with van der Waals surface area (Å²) < 4.78 is 0. The maximum absolute atomic E-state index is 5.55. The quantitative estimate of drug-likeness (QED) is 0.788. The largest absolute Gasteiger partial charge is 0.326 e. The van der Waals surface area contributed by atoms with E-state index in [1.54, 1.807) is 11.3 Å². The van der Waals surface area contributed by atoms with Crippen LogP contribution in [0.5, 0.6) is 0 Å². The first-order valence-electron chi connectivity index (χ1n) is 5.23. The Morgan fingerprint density at radius 1 is 1.64 bits per heavy atom. The normalized spacial score (nSPS) is 22.5. The third-order valence-corrected chi connectivity index (χ3v) is 3.71. The molecule has 1 aromatic heterocycles. The number of piperidine rings is 1. The molecule has 0 radical (unpaired) electrons. The molecule has 0 bridgehead atoms. The number of nitrogens with zero attached hydrogens (tertiary/aromatic N) is 1. The zero-order valence-corrected chi connectivity index (χ0v) is 9.15.